The van der Waals surface area contributed by atoms with Crippen LogP contribution in [0.3, 0.4) is 0 Å². The summed E-state index contributed by atoms with van der Waals surface area (Å²) in [4.78, 5) is 14.5. The minimum Gasteiger partial charge on any atom is -0.347 e. The first-order valence-electron chi connectivity index (χ1n) is 7.25. The van der Waals surface area contributed by atoms with Gasteiger partial charge in [0.1, 0.15) is 5.82 Å². The molecule has 0 aliphatic carbocycles. The molecule has 0 unspecified atom stereocenters. The predicted molar refractivity (Wildman–Crippen MR) is 89.3 cm³/mol. The van der Waals surface area contributed by atoms with Crippen molar-refractivity contribution in [3.8, 4) is 0 Å². The van der Waals surface area contributed by atoms with Gasteiger partial charge in [-0.3, -0.25) is 4.72 Å². The highest BCUT2D eigenvalue weighted by Crippen LogP contribution is 2.23. The molecule has 2 heterocycles. The summed E-state index contributed by atoms with van der Waals surface area (Å²) < 4.78 is 29.4. The van der Waals surface area contributed by atoms with Crippen molar-refractivity contribution in [2.75, 3.05) is 23.7 Å². The number of sulfonamides is 1. The quantitative estimate of drug-likeness (QED) is 0.888. The molecular formula is C14H22N6O2S. The van der Waals surface area contributed by atoms with Gasteiger partial charge in [0, 0.05) is 26.8 Å². The van der Waals surface area contributed by atoms with Crippen LogP contribution in [0, 0.1) is 20.8 Å². The van der Waals surface area contributed by atoms with Gasteiger partial charge in [0.05, 0.1) is 17.1 Å². The van der Waals surface area contributed by atoms with Gasteiger partial charge in [-0.15, -0.1) is 0 Å². The van der Waals surface area contributed by atoms with Crippen molar-refractivity contribution in [1.29, 1.82) is 0 Å². The van der Waals surface area contributed by atoms with Crippen LogP contribution in [0.25, 0.3) is 0 Å². The molecule has 2 aromatic heterocycles. The maximum atomic E-state index is 12.6. The molecule has 23 heavy (non-hydrogen) atoms. The van der Waals surface area contributed by atoms with Crippen molar-refractivity contribution in [3.63, 3.8) is 0 Å². The first-order chi connectivity index (χ1) is 10.7. The van der Waals surface area contributed by atoms with Crippen LogP contribution in [-0.2, 0) is 16.6 Å². The number of hydrogen-bond acceptors (Lipinski definition) is 6. The molecule has 0 aromatic carbocycles. The zero-order valence-corrected chi connectivity index (χ0v) is 15.1. The zero-order valence-electron chi connectivity index (χ0n) is 14.2. The van der Waals surface area contributed by atoms with Gasteiger partial charge >= 0.3 is 0 Å². The Balaban J connectivity index is 2.41. The summed E-state index contributed by atoms with van der Waals surface area (Å²) in [5.41, 5.74) is 1.52. The molecule has 0 saturated heterocycles. The predicted octanol–water partition coefficient (Wildman–Crippen LogP) is 1.49. The third-order valence-electron chi connectivity index (χ3n) is 3.47. The average Bonchev–Trinajstić information content (AvgIpc) is 2.84. The lowest BCUT2D eigenvalue weighted by molar-refractivity contribution is 0.597. The molecule has 9 heteroatoms. The van der Waals surface area contributed by atoms with E-state index < -0.39 is 10.0 Å². The molecule has 0 amide bonds. The molecule has 126 valence electrons. The maximum Gasteiger partial charge on any atom is 0.281 e. The van der Waals surface area contributed by atoms with Gasteiger partial charge in [0.2, 0.25) is 5.95 Å². The van der Waals surface area contributed by atoms with Crippen molar-refractivity contribution in [2.45, 2.75) is 39.3 Å². The third kappa shape index (κ3) is 3.44. The van der Waals surface area contributed by atoms with Crippen molar-refractivity contribution in [3.05, 3.63) is 23.4 Å². The molecule has 8 nitrogen and oxygen atoms in total. The van der Waals surface area contributed by atoms with E-state index >= 15 is 0 Å². The number of imidazole rings is 1. The number of nitrogens with zero attached hydrogens (tertiary/aromatic N) is 5. The fourth-order valence-corrected chi connectivity index (χ4v) is 3.35. The fraction of sp³-hybridized carbons (Fsp3) is 0.500. The molecule has 0 atom stereocenters. The van der Waals surface area contributed by atoms with Gasteiger partial charge in [0.15, 0.2) is 5.03 Å². The molecule has 0 aliphatic heterocycles. The summed E-state index contributed by atoms with van der Waals surface area (Å²) >= 11 is 0. The summed E-state index contributed by atoms with van der Waals surface area (Å²) in [5, 5.41) is -0.00710. The van der Waals surface area contributed by atoms with Crippen LogP contribution in [0.1, 0.15) is 24.1 Å². The Morgan fingerprint density at radius 1 is 1.13 bits per heavy atom. The molecule has 0 aliphatic rings. The Kier molecular flexibility index (Phi) is 4.60. The summed E-state index contributed by atoms with van der Waals surface area (Å²) in [5.74, 6) is 1.19. The molecule has 0 spiro atoms. The van der Waals surface area contributed by atoms with Gasteiger partial charge in [0.25, 0.3) is 10.0 Å². The van der Waals surface area contributed by atoms with Crippen LogP contribution in [0.2, 0.25) is 0 Å². The highest BCUT2D eigenvalue weighted by molar-refractivity contribution is 7.92. The first-order valence-corrected chi connectivity index (χ1v) is 8.73. The van der Waals surface area contributed by atoms with Crippen LogP contribution in [0.4, 0.5) is 11.6 Å². The van der Waals surface area contributed by atoms with Crippen molar-refractivity contribution < 1.29 is 8.42 Å². The molecule has 2 rings (SSSR count). The molecule has 0 saturated carbocycles. The normalized spacial score (nSPS) is 11.6. The van der Waals surface area contributed by atoms with E-state index in [-0.39, 0.29) is 5.03 Å². The van der Waals surface area contributed by atoms with Gasteiger partial charge in [-0.25, -0.2) is 15.0 Å². The van der Waals surface area contributed by atoms with E-state index in [4.69, 9.17) is 0 Å². The summed E-state index contributed by atoms with van der Waals surface area (Å²) in [7, 11) is -0.116. The van der Waals surface area contributed by atoms with Gasteiger partial charge < -0.3 is 9.47 Å². The Morgan fingerprint density at radius 3 is 2.13 bits per heavy atom. The third-order valence-corrected chi connectivity index (χ3v) is 4.69. The van der Waals surface area contributed by atoms with Crippen LogP contribution in [-0.4, -0.2) is 42.0 Å². The standard InChI is InChI=1S/C14H22N6O2S/c1-7-20-8-12(17-11(20)4)23(21,22)18-13-9(2)15-14(19(5)6)16-10(13)3/h8,18H,7H2,1-6H3. The van der Waals surface area contributed by atoms with Crippen LogP contribution >= 0.6 is 0 Å². The van der Waals surface area contributed by atoms with E-state index in [0.29, 0.717) is 35.4 Å². The summed E-state index contributed by atoms with van der Waals surface area (Å²) in [6.07, 6.45) is 1.53. The minimum absolute atomic E-state index is 0.00710. The minimum atomic E-state index is -3.78. The van der Waals surface area contributed by atoms with E-state index in [0.717, 1.165) is 0 Å². The number of anilines is 2. The highest BCUT2D eigenvalue weighted by Gasteiger charge is 2.22. The van der Waals surface area contributed by atoms with Gasteiger partial charge in [-0.2, -0.15) is 8.42 Å². The van der Waals surface area contributed by atoms with E-state index in [2.05, 4.69) is 19.7 Å². The topological polar surface area (TPSA) is 93.0 Å². The molecule has 2 aromatic rings. The van der Waals surface area contributed by atoms with E-state index in [1.165, 1.54) is 6.20 Å². The maximum absolute atomic E-state index is 12.6. The Labute approximate surface area is 136 Å². The van der Waals surface area contributed by atoms with Crippen LogP contribution < -0.4 is 9.62 Å². The van der Waals surface area contributed by atoms with Gasteiger partial charge in [-0.05, 0) is 27.7 Å². The average molecular weight is 338 g/mol. The molecule has 0 bridgehead atoms. The lowest BCUT2D eigenvalue weighted by Crippen LogP contribution is -2.19. The smallest absolute Gasteiger partial charge is 0.281 e. The second-order valence-electron chi connectivity index (χ2n) is 5.48. The fourth-order valence-electron chi connectivity index (χ4n) is 2.16. The number of rotatable bonds is 5. The molecular weight excluding hydrogens is 316 g/mol. The van der Waals surface area contributed by atoms with Crippen molar-refractivity contribution in [1.82, 2.24) is 19.5 Å². The molecule has 0 fully saturated rings. The number of hydrogen-bond donors (Lipinski definition) is 1. The van der Waals surface area contributed by atoms with Gasteiger partial charge in [-0.1, -0.05) is 0 Å². The molecule has 0 radical (unpaired) electrons. The monoisotopic (exact) mass is 338 g/mol. The Bertz CT molecular complexity index is 803. The Morgan fingerprint density at radius 2 is 1.70 bits per heavy atom. The number of nitrogens with one attached hydrogen (secondary N) is 1. The summed E-state index contributed by atoms with van der Waals surface area (Å²) in [6.45, 7) is 7.85. The largest absolute Gasteiger partial charge is 0.347 e. The van der Waals surface area contributed by atoms with E-state index in [9.17, 15) is 8.42 Å². The SMILES string of the molecule is CCn1cc(S(=O)(=O)Nc2c(C)nc(N(C)C)nc2C)nc1C. The van der Waals surface area contributed by atoms with E-state index in [1.807, 2.05) is 21.0 Å². The Hall–Kier alpha value is -2.16. The second-order valence-corrected chi connectivity index (χ2v) is 7.11. The number of aryl methyl sites for hydroxylation is 4. The molecule has 1 N–H and O–H groups in total. The first kappa shape index (κ1) is 17.2. The van der Waals surface area contributed by atoms with Crippen LogP contribution in [0.5, 0.6) is 0 Å². The lowest BCUT2D eigenvalue weighted by Gasteiger charge is -2.15. The number of aromatic nitrogens is 4. The van der Waals surface area contributed by atoms with Crippen LogP contribution in [0.15, 0.2) is 11.2 Å². The zero-order chi connectivity index (χ0) is 17.4. The highest BCUT2D eigenvalue weighted by atomic mass is 32.2. The van der Waals surface area contributed by atoms with E-state index in [1.54, 1.807) is 30.2 Å². The van der Waals surface area contributed by atoms with Crippen molar-refractivity contribution in [2.24, 2.45) is 0 Å². The lowest BCUT2D eigenvalue weighted by atomic mass is 10.3. The summed E-state index contributed by atoms with van der Waals surface area (Å²) in [6, 6.07) is 0. The second kappa shape index (κ2) is 6.15. The van der Waals surface area contributed by atoms with Crippen molar-refractivity contribution >= 4 is 21.7 Å².